The van der Waals surface area contributed by atoms with Crippen molar-refractivity contribution in [1.29, 1.82) is 0 Å². The van der Waals surface area contributed by atoms with Gasteiger partial charge < -0.3 is 14.8 Å². The molecule has 0 unspecified atom stereocenters. The normalized spacial score (nSPS) is 21.0. The van der Waals surface area contributed by atoms with Gasteiger partial charge in [-0.15, -0.1) is 0 Å². The smallest absolute Gasteiger partial charge is 0.325 e. The van der Waals surface area contributed by atoms with Crippen LogP contribution in [0.4, 0.5) is 4.79 Å². The summed E-state index contributed by atoms with van der Waals surface area (Å²) in [6, 6.07) is 14.6. The molecule has 134 valence electrons. The number of aryl methyl sites for hydroxylation is 1. The van der Waals surface area contributed by atoms with Crippen LogP contribution >= 0.6 is 0 Å². The largest absolute Gasteiger partial charge is 0.497 e. The van der Waals surface area contributed by atoms with Gasteiger partial charge in [0.2, 0.25) is 0 Å². The Kier molecular flexibility index (Phi) is 4.03. The van der Waals surface area contributed by atoms with E-state index in [0.29, 0.717) is 12.2 Å². The van der Waals surface area contributed by atoms with Crippen LogP contribution < -0.4 is 14.8 Å². The van der Waals surface area contributed by atoms with Crippen LogP contribution in [-0.2, 0) is 16.8 Å². The van der Waals surface area contributed by atoms with Gasteiger partial charge in [0.15, 0.2) is 0 Å². The number of ether oxygens (including phenoxy) is 2. The molecule has 1 N–H and O–H groups in total. The van der Waals surface area contributed by atoms with Crippen molar-refractivity contribution in [3.63, 3.8) is 0 Å². The lowest BCUT2D eigenvalue weighted by Gasteiger charge is -2.22. The lowest BCUT2D eigenvalue weighted by Crippen LogP contribution is -2.42. The molecule has 1 heterocycles. The molecule has 1 aliphatic carbocycles. The fourth-order valence-electron chi connectivity index (χ4n) is 3.72. The van der Waals surface area contributed by atoms with E-state index >= 15 is 0 Å². The number of amides is 3. The minimum absolute atomic E-state index is 0.189. The highest BCUT2D eigenvalue weighted by atomic mass is 16.5. The molecule has 1 spiro atoms. The van der Waals surface area contributed by atoms with Crippen molar-refractivity contribution in [3.8, 4) is 11.5 Å². The first kappa shape index (κ1) is 16.4. The Bertz CT molecular complexity index is 849. The molecule has 0 saturated carbocycles. The van der Waals surface area contributed by atoms with Gasteiger partial charge in [0.05, 0.1) is 13.7 Å². The number of benzene rings is 2. The molecule has 1 fully saturated rings. The van der Waals surface area contributed by atoms with Crippen LogP contribution in [0.3, 0.4) is 0 Å². The molecule has 0 radical (unpaired) electrons. The summed E-state index contributed by atoms with van der Waals surface area (Å²) in [6.07, 6.45) is 1.39. The second-order valence-electron chi connectivity index (χ2n) is 6.47. The molecule has 2 aromatic rings. The standard InChI is InChI=1S/C20H20N2O4/c1-25-15-6-8-16(9-7-15)26-13-12-22-18(23)20(21-19(22)24)11-10-14-4-2-3-5-17(14)20/h2-9H,10-13H2,1H3,(H,21,24)/t20-/m1/s1. The number of fused-ring (bicyclic) bond motifs is 2. The molecule has 0 aromatic heterocycles. The van der Waals surface area contributed by atoms with E-state index in [1.54, 1.807) is 31.4 Å². The van der Waals surface area contributed by atoms with Gasteiger partial charge in [-0.1, -0.05) is 24.3 Å². The van der Waals surface area contributed by atoms with Crippen LogP contribution in [-0.4, -0.2) is 37.1 Å². The summed E-state index contributed by atoms with van der Waals surface area (Å²) in [5, 5.41) is 2.91. The highest BCUT2D eigenvalue weighted by Crippen LogP contribution is 2.41. The van der Waals surface area contributed by atoms with Gasteiger partial charge >= 0.3 is 6.03 Å². The van der Waals surface area contributed by atoms with Gasteiger partial charge in [-0.3, -0.25) is 9.69 Å². The minimum atomic E-state index is -0.909. The van der Waals surface area contributed by atoms with Gasteiger partial charge in [0, 0.05) is 0 Å². The van der Waals surface area contributed by atoms with Gasteiger partial charge in [-0.2, -0.15) is 0 Å². The van der Waals surface area contributed by atoms with Crippen LogP contribution in [0.5, 0.6) is 11.5 Å². The van der Waals surface area contributed by atoms with Gasteiger partial charge in [-0.25, -0.2) is 4.79 Å². The van der Waals surface area contributed by atoms with Crippen molar-refractivity contribution in [3.05, 3.63) is 59.7 Å². The molecule has 0 bridgehead atoms. The number of carbonyl (C=O) groups is 2. The van der Waals surface area contributed by atoms with Crippen LogP contribution in [0.2, 0.25) is 0 Å². The average Bonchev–Trinajstić information content (AvgIpc) is 3.15. The van der Waals surface area contributed by atoms with Gasteiger partial charge in [0.25, 0.3) is 5.91 Å². The fraction of sp³-hybridized carbons (Fsp3) is 0.300. The number of nitrogens with zero attached hydrogens (tertiary/aromatic N) is 1. The Labute approximate surface area is 151 Å². The summed E-state index contributed by atoms with van der Waals surface area (Å²) in [4.78, 5) is 26.7. The molecule has 4 rings (SSSR count). The Morgan fingerprint density at radius 3 is 2.58 bits per heavy atom. The zero-order valence-corrected chi connectivity index (χ0v) is 14.5. The van der Waals surface area contributed by atoms with Gasteiger partial charge in [0.1, 0.15) is 23.6 Å². The van der Waals surface area contributed by atoms with E-state index < -0.39 is 5.54 Å². The first-order chi connectivity index (χ1) is 12.6. The van der Waals surface area contributed by atoms with Crippen LogP contribution in [0, 0.1) is 0 Å². The first-order valence-electron chi connectivity index (χ1n) is 8.63. The summed E-state index contributed by atoms with van der Waals surface area (Å²) in [6.45, 7) is 0.448. The topological polar surface area (TPSA) is 67.9 Å². The second kappa shape index (κ2) is 6.37. The zero-order valence-electron chi connectivity index (χ0n) is 14.5. The van der Waals surface area contributed by atoms with Crippen molar-refractivity contribution in [2.24, 2.45) is 0 Å². The van der Waals surface area contributed by atoms with Gasteiger partial charge in [-0.05, 0) is 48.2 Å². The van der Waals surface area contributed by atoms with Crippen LogP contribution in [0.25, 0.3) is 0 Å². The number of rotatable bonds is 5. The Morgan fingerprint density at radius 2 is 1.81 bits per heavy atom. The molecule has 1 atom stereocenters. The number of hydrogen-bond donors (Lipinski definition) is 1. The van der Waals surface area contributed by atoms with E-state index in [2.05, 4.69) is 5.32 Å². The summed E-state index contributed by atoms with van der Waals surface area (Å²) in [5.41, 5.74) is 1.13. The predicted molar refractivity (Wildman–Crippen MR) is 95.2 cm³/mol. The number of methoxy groups -OCH3 is 1. The highest BCUT2D eigenvalue weighted by Gasteiger charge is 2.54. The molecule has 26 heavy (non-hydrogen) atoms. The zero-order chi connectivity index (χ0) is 18.1. The SMILES string of the molecule is COc1ccc(OCCN2C(=O)N[C@@]3(CCc4ccccc43)C2=O)cc1. The summed E-state index contributed by atoms with van der Waals surface area (Å²) in [7, 11) is 1.60. The average molecular weight is 352 g/mol. The monoisotopic (exact) mass is 352 g/mol. The number of nitrogens with one attached hydrogen (secondary N) is 1. The highest BCUT2D eigenvalue weighted by molar-refractivity contribution is 6.08. The molecule has 6 heteroatoms. The maximum absolute atomic E-state index is 13.0. The van der Waals surface area contributed by atoms with E-state index in [-0.39, 0.29) is 25.1 Å². The molecule has 6 nitrogen and oxygen atoms in total. The minimum Gasteiger partial charge on any atom is -0.497 e. The third-order valence-corrected chi connectivity index (χ3v) is 5.07. The van der Waals surface area contributed by atoms with Crippen molar-refractivity contribution in [2.45, 2.75) is 18.4 Å². The molecular formula is C20H20N2O4. The van der Waals surface area contributed by atoms with E-state index in [9.17, 15) is 9.59 Å². The lowest BCUT2D eigenvalue weighted by atomic mass is 9.92. The number of imide groups is 1. The Hall–Kier alpha value is -3.02. The van der Waals surface area contributed by atoms with E-state index in [0.717, 1.165) is 23.3 Å². The number of carbonyl (C=O) groups excluding carboxylic acids is 2. The molecule has 3 amide bonds. The fourth-order valence-corrected chi connectivity index (χ4v) is 3.72. The quantitative estimate of drug-likeness (QED) is 0.840. The van der Waals surface area contributed by atoms with Crippen LogP contribution in [0.15, 0.2) is 48.5 Å². The first-order valence-corrected chi connectivity index (χ1v) is 8.63. The summed E-state index contributed by atoms with van der Waals surface area (Å²) in [5.74, 6) is 1.22. The summed E-state index contributed by atoms with van der Waals surface area (Å²) >= 11 is 0. The molecule has 1 saturated heterocycles. The van der Waals surface area contributed by atoms with Crippen LogP contribution in [0.1, 0.15) is 17.5 Å². The lowest BCUT2D eigenvalue weighted by molar-refractivity contribution is -0.131. The van der Waals surface area contributed by atoms with Crippen molar-refractivity contribution in [2.75, 3.05) is 20.3 Å². The van der Waals surface area contributed by atoms with E-state index in [4.69, 9.17) is 9.47 Å². The third-order valence-electron chi connectivity index (χ3n) is 5.07. The van der Waals surface area contributed by atoms with Crippen molar-refractivity contribution in [1.82, 2.24) is 10.2 Å². The van der Waals surface area contributed by atoms with E-state index in [1.165, 1.54) is 4.90 Å². The van der Waals surface area contributed by atoms with Crippen molar-refractivity contribution >= 4 is 11.9 Å². The van der Waals surface area contributed by atoms with E-state index in [1.807, 2.05) is 24.3 Å². The molecule has 2 aliphatic rings. The number of urea groups is 1. The molecular weight excluding hydrogens is 332 g/mol. The predicted octanol–water partition coefficient (Wildman–Crippen LogP) is 2.47. The Morgan fingerprint density at radius 1 is 1.08 bits per heavy atom. The number of hydrogen-bond acceptors (Lipinski definition) is 4. The maximum atomic E-state index is 13.0. The molecule has 2 aromatic carbocycles. The maximum Gasteiger partial charge on any atom is 0.325 e. The van der Waals surface area contributed by atoms with Crippen molar-refractivity contribution < 1.29 is 19.1 Å². The second-order valence-corrected chi connectivity index (χ2v) is 6.47. The Balaban J connectivity index is 1.43. The molecule has 1 aliphatic heterocycles. The third kappa shape index (κ3) is 2.58. The summed E-state index contributed by atoms with van der Waals surface area (Å²) < 4.78 is 10.8.